The largest absolute Gasteiger partial charge is 0.323 e. The van der Waals surface area contributed by atoms with Gasteiger partial charge in [-0.3, -0.25) is 4.79 Å². The number of thiophene rings is 1. The number of para-hydroxylation sites is 1. The molecule has 134 valence electrons. The average molecular weight is 382 g/mol. The van der Waals surface area contributed by atoms with Crippen LogP contribution in [0.4, 0.5) is 10.1 Å². The van der Waals surface area contributed by atoms with Crippen molar-refractivity contribution in [3.8, 4) is 0 Å². The molecule has 5 nitrogen and oxygen atoms in total. The van der Waals surface area contributed by atoms with Gasteiger partial charge in [-0.05, 0) is 44.0 Å². The van der Waals surface area contributed by atoms with E-state index in [0.29, 0.717) is 23.6 Å². The Bertz CT molecular complexity index is 880. The standard InChI is InChI=1S/C17H19FN2O3S2/c1-12-8-9-16(24-12)25(22,23)20-10-4-5-13(11-20)17(21)19-15-7-3-2-6-14(15)18/h2-3,6-9,13H,4-5,10-11H2,1H3,(H,19,21)/t13-/m1/s1. The van der Waals surface area contributed by atoms with Crippen molar-refractivity contribution in [3.63, 3.8) is 0 Å². The Balaban J connectivity index is 1.73. The third-order valence-corrected chi connectivity index (χ3v) is 7.53. The van der Waals surface area contributed by atoms with Crippen LogP contribution in [-0.2, 0) is 14.8 Å². The van der Waals surface area contributed by atoms with Crippen molar-refractivity contribution in [2.24, 2.45) is 5.92 Å². The number of rotatable bonds is 4. The fourth-order valence-electron chi connectivity index (χ4n) is 2.85. The van der Waals surface area contributed by atoms with E-state index in [1.807, 2.05) is 6.92 Å². The second-order valence-corrected chi connectivity index (χ2v) is 9.49. The molecule has 25 heavy (non-hydrogen) atoms. The summed E-state index contributed by atoms with van der Waals surface area (Å²) in [4.78, 5) is 13.4. The van der Waals surface area contributed by atoms with Gasteiger partial charge in [0.1, 0.15) is 10.0 Å². The lowest BCUT2D eigenvalue weighted by Gasteiger charge is -2.30. The number of hydrogen-bond donors (Lipinski definition) is 1. The monoisotopic (exact) mass is 382 g/mol. The Morgan fingerprint density at radius 2 is 2.04 bits per heavy atom. The number of aryl methyl sites for hydroxylation is 1. The van der Waals surface area contributed by atoms with Crippen LogP contribution in [0.2, 0.25) is 0 Å². The molecule has 1 fully saturated rings. The van der Waals surface area contributed by atoms with E-state index < -0.39 is 21.8 Å². The summed E-state index contributed by atoms with van der Waals surface area (Å²) in [5.41, 5.74) is 0.112. The molecule has 1 aliphatic heterocycles. The van der Waals surface area contributed by atoms with Gasteiger partial charge >= 0.3 is 0 Å². The third kappa shape index (κ3) is 3.91. The van der Waals surface area contributed by atoms with E-state index in [1.54, 1.807) is 24.3 Å². The number of anilines is 1. The molecule has 1 saturated heterocycles. The molecule has 0 unspecified atom stereocenters. The zero-order valence-electron chi connectivity index (χ0n) is 13.7. The van der Waals surface area contributed by atoms with E-state index in [-0.39, 0.29) is 18.1 Å². The zero-order valence-corrected chi connectivity index (χ0v) is 15.4. The molecule has 0 aliphatic carbocycles. The fourth-order valence-corrected chi connectivity index (χ4v) is 5.81. The van der Waals surface area contributed by atoms with Gasteiger partial charge in [-0.2, -0.15) is 4.31 Å². The van der Waals surface area contributed by atoms with Gasteiger partial charge in [-0.15, -0.1) is 11.3 Å². The second kappa shape index (κ2) is 7.23. The normalized spacial score (nSPS) is 18.9. The van der Waals surface area contributed by atoms with Crippen molar-refractivity contribution in [1.82, 2.24) is 4.31 Å². The van der Waals surface area contributed by atoms with Crippen molar-refractivity contribution >= 4 is 33.0 Å². The van der Waals surface area contributed by atoms with Gasteiger partial charge in [0.2, 0.25) is 5.91 Å². The molecule has 1 aliphatic rings. The summed E-state index contributed by atoms with van der Waals surface area (Å²) in [6, 6.07) is 9.30. The van der Waals surface area contributed by atoms with Crippen LogP contribution in [0.15, 0.2) is 40.6 Å². The Morgan fingerprint density at radius 1 is 1.28 bits per heavy atom. The summed E-state index contributed by atoms with van der Waals surface area (Å²) >= 11 is 1.22. The molecule has 0 radical (unpaired) electrons. The molecule has 1 atom stereocenters. The molecule has 0 spiro atoms. The maximum Gasteiger partial charge on any atom is 0.252 e. The lowest BCUT2D eigenvalue weighted by atomic mass is 9.98. The first-order valence-corrected chi connectivity index (χ1v) is 10.3. The zero-order chi connectivity index (χ0) is 18.0. The Kier molecular flexibility index (Phi) is 5.21. The van der Waals surface area contributed by atoms with Gasteiger partial charge < -0.3 is 5.32 Å². The predicted molar refractivity (Wildman–Crippen MR) is 95.6 cm³/mol. The minimum absolute atomic E-state index is 0.111. The number of carbonyl (C=O) groups excluding carboxylic acids is 1. The van der Waals surface area contributed by atoms with Crippen LogP contribution in [0.1, 0.15) is 17.7 Å². The highest BCUT2D eigenvalue weighted by molar-refractivity contribution is 7.91. The summed E-state index contributed by atoms with van der Waals surface area (Å²) < 4.78 is 40.8. The van der Waals surface area contributed by atoms with Crippen LogP contribution in [0.5, 0.6) is 0 Å². The number of halogens is 1. The van der Waals surface area contributed by atoms with E-state index in [2.05, 4.69) is 5.32 Å². The molecular formula is C17H19FN2O3S2. The summed E-state index contributed by atoms with van der Waals surface area (Å²) in [7, 11) is -3.59. The predicted octanol–water partition coefficient (Wildman–Crippen LogP) is 3.24. The first-order valence-electron chi connectivity index (χ1n) is 8.00. The minimum atomic E-state index is -3.59. The van der Waals surface area contributed by atoms with Crippen LogP contribution in [-0.4, -0.2) is 31.7 Å². The van der Waals surface area contributed by atoms with Crippen LogP contribution < -0.4 is 5.32 Å². The number of hydrogen-bond acceptors (Lipinski definition) is 4. The van der Waals surface area contributed by atoms with E-state index in [4.69, 9.17) is 0 Å². The average Bonchev–Trinajstić information content (AvgIpc) is 3.04. The van der Waals surface area contributed by atoms with Crippen molar-refractivity contribution in [1.29, 1.82) is 0 Å². The van der Waals surface area contributed by atoms with Crippen molar-refractivity contribution in [3.05, 3.63) is 47.1 Å². The molecule has 2 aromatic rings. The van der Waals surface area contributed by atoms with Crippen LogP contribution in [0.3, 0.4) is 0 Å². The molecule has 1 amide bonds. The maximum absolute atomic E-state index is 13.7. The number of nitrogens with zero attached hydrogens (tertiary/aromatic N) is 1. The topological polar surface area (TPSA) is 66.5 Å². The molecule has 8 heteroatoms. The van der Waals surface area contributed by atoms with Crippen LogP contribution >= 0.6 is 11.3 Å². The summed E-state index contributed by atoms with van der Waals surface area (Å²) in [6.07, 6.45) is 1.18. The Morgan fingerprint density at radius 3 is 2.72 bits per heavy atom. The van der Waals surface area contributed by atoms with Gasteiger partial charge in [-0.25, -0.2) is 12.8 Å². The quantitative estimate of drug-likeness (QED) is 0.883. The molecule has 0 bridgehead atoms. The van der Waals surface area contributed by atoms with E-state index in [0.717, 1.165) is 4.88 Å². The minimum Gasteiger partial charge on any atom is -0.323 e. The highest BCUT2D eigenvalue weighted by atomic mass is 32.2. The Labute approximate surface area is 150 Å². The van der Waals surface area contributed by atoms with Crippen molar-refractivity contribution in [2.45, 2.75) is 24.0 Å². The number of nitrogens with one attached hydrogen (secondary N) is 1. The number of piperidine rings is 1. The van der Waals surface area contributed by atoms with E-state index in [1.165, 1.54) is 27.8 Å². The number of carbonyl (C=O) groups is 1. The summed E-state index contributed by atoms with van der Waals surface area (Å²) in [5.74, 6) is -1.36. The molecule has 3 rings (SSSR count). The molecule has 0 saturated carbocycles. The lowest BCUT2D eigenvalue weighted by Crippen LogP contribution is -2.43. The van der Waals surface area contributed by atoms with Crippen molar-refractivity contribution < 1.29 is 17.6 Å². The first-order chi connectivity index (χ1) is 11.9. The lowest BCUT2D eigenvalue weighted by molar-refractivity contribution is -0.120. The summed E-state index contributed by atoms with van der Waals surface area (Å²) in [6.45, 7) is 2.35. The molecule has 2 heterocycles. The molecule has 1 aromatic heterocycles. The van der Waals surface area contributed by atoms with Crippen molar-refractivity contribution in [2.75, 3.05) is 18.4 Å². The number of sulfonamides is 1. The highest BCUT2D eigenvalue weighted by Gasteiger charge is 2.34. The van der Waals surface area contributed by atoms with Gasteiger partial charge in [0.25, 0.3) is 10.0 Å². The first kappa shape index (κ1) is 18.0. The van der Waals surface area contributed by atoms with E-state index >= 15 is 0 Å². The van der Waals surface area contributed by atoms with Gasteiger partial charge in [0, 0.05) is 18.0 Å². The molecule has 1 N–H and O–H groups in total. The Hall–Kier alpha value is -1.77. The highest BCUT2D eigenvalue weighted by Crippen LogP contribution is 2.28. The number of benzene rings is 1. The van der Waals surface area contributed by atoms with Gasteiger partial charge in [-0.1, -0.05) is 12.1 Å². The van der Waals surface area contributed by atoms with Gasteiger partial charge in [0.15, 0.2) is 0 Å². The second-order valence-electron chi connectivity index (χ2n) is 6.04. The summed E-state index contributed by atoms with van der Waals surface area (Å²) in [5, 5.41) is 2.56. The molecule has 1 aromatic carbocycles. The van der Waals surface area contributed by atoms with E-state index in [9.17, 15) is 17.6 Å². The molecular weight excluding hydrogens is 363 g/mol. The third-order valence-electron chi connectivity index (χ3n) is 4.20. The smallest absolute Gasteiger partial charge is 0.252 e. The SMILES string of the molecule is Cc1ccc(S(=O)(=O)N2CCC[C@@H](C(=O)Nc3ccccc3F)C2)s1. The van der Waals surface area contributed by atoms with Crippen LogP contribution in [0, 0.1) is 18.7 Å². The number of amides is 1. The van der Waals surface area contributed by atoms with Crippen LogP contribution in [0.25, 0.3) is 0 Å². The maximum atomic E-state index is 13.7. The fraction of sp³-hybridized carbons (Fsp3) is 0.353. The van der Waals surface area contributed by atoms with Gasteiger partial charge in [0.05, 0.1) is 11.6 Å².